The van der Waals surface area contributed by atoms with Gasteiger partial charge < -0.3 is 20.3 Å². The lowest BCUT2D eigenvalue weighted by Crippen LogP contribution is -2.45. The molecule has 0 aliphatic heterocycles. The van der Waals surface area contributed by atoms with Crippen LogP contribution in [0.4, 0.5) is 0 Å². The molecule has 66 heavy (non-hydrogen) atoms. The summed E-state index contributed by atoms with van der Waals surface area (Å²) in [7, 11) is 0. The quantitative estimate of drug-likeness (QED) is 0.0244. The fraction of sp³-hybridized carbons (Fsp3) is 0.867. The average Bonchev–Trinajstić information content (AvgIpc) is 3.32. The van der Waals surface area contributed by atoms with Gasteiger partial charge in [0.1, 0.15) is 0 Å². The van der Waals surface area contributed by atoms with E-state index < -0.39 is 12.1 Å². The summed E-state index contributed by atoms with van der Waals surface area (Å²) in [4.78, 5) is 24.5. The first-order valence-electron chi connectivity index (χ1n) is 29.3. The molecule has 6 nitrogen and oxygen atoms in total. The van der Waals surface area contributed by atoms with Crippen molar-refractivity contribution >= 4 is 11.9 Å². The molecule has 388 valence electrons. The van der Waals surface area contributed by atoms with Crippen molar-refractivity contribution in [1.29, 1.82) is 0 Å². The smallest absolute Gasteiger partial charge is 0.305 e. The standard InChI is InChI=1S/C60H113NO5/c1-3-5-7-9-11-13-15-17-19-20-21-22-25-28-32-36-40-44-48-52-58(63)57(56-62)61-59(64)53-49-45-41-37-33-29-26-23-27-31-35-39-43-47-51-55-66-60(65)54-50-46-42-38-34-30-24-18-16-14-12-10-8-6-4-2/h23,27,31,35,48,52,57-58,62-63H,3-22,24-26,28-30,32-34,36-47,49-51,53-56H2,1-2H3,(H,61,64)/b27-23-,35-31-,52-48+. The Labute approximate surface area is 411 Å². The summed E-state index contributed by atoms with van der Waals surface area (Å²) in [6.45, 7) is 4.86. The molecule has 0 aromatic rings. The van der Waals surface area contributed by atoms with E-state index in [1.807, 2.05) is 6.08 Å². The van der Waals surface area contributed by atoms with Gasteiger partial charge in [-0.05, 0) is 64.2 Å². The van der Waals surface area contributed by atoms with Crippen LogP contribution in [0.3, 0.4) is 0 Å². The topological polar surface area (TPSA) is 95.9 Å². The Bertz CT molecular complexity index is 1070. The maximum Gasteiger partial charge on any atom is 0.305 e. The minimum atomic E-state index is -0.859. The van der Waals surface area contributed by atoms with Gasteiger partial charge in [0, 0.05) is 12.8 Å². The Morgan fingerprint density at radius 3 is 1.12 bits per heavy atom. The molecule has 0 saturated carbocycles. The van der Waals surface area contributed by atoms with Crippen molar-refractivity contribution in [3.63, 3.8) is 0 Å². The third kappa shape index (κ3) is 51.5. The number of aliphatic hydroxyl groups excluding tert-OH is 2. The minimum absolute atomic E-state index is 0.0199. The average molecular weight is 929 g/mol. The lowest BCUT2D eigenvalue weighted by atomic mass is 10.0. The van der Waals surface area contributed by atoms with E-state index in [1.54, 1.807) is 6.08 Å². The highest BCUT2D eigenvalue weighted by Crippen LogP contribution is 2.17. The summed E-state index contributed by atoms with van der Waals surface area (Å²) in [6, 6.07) is -0.645. The molecule has 0 radical (unpaired) electrons. The molecular weight excluding hydrogens is 815 g/mol. The monoisotopic (exact) mass is 928 g/mol. The molecule has 0 bridgehead atoms. The van der Waals surface area contributed by atoms with E-state index in [9.17, 15) is 19.8 Å². The predicted octanol–water partition coefficient (Wildman–Crippen LogP) is 18.0. The number of allylic oxidation sites excluding steroid dienone is 5. The number of ether oxygens (including phenoxy) is 1. The zero-order valence-corrected chi connectivity index (χ0v) is 44.2. The number of carbonyl (C=O) groups excluding carboxylic acids is 2. The molecule has 0 saturated heterocycles. The maximum atomic E-state index is 12.5. The van der Waals surface area contributed by atoms with Gasteiger partial charge in [-0.1, -0.05) is 269 Å². The summed E-state index contributed by atoms with van der Waals surface area (Å²) in [6.07, 6.45) is 68.8. The molecule has 0 aromatic heterocycles. The van der Waals surface area contributed by atoms with E-state index in [2.05, 4.69) is 43.5 Å². The number of esters is 1. The van der Waals surface area contributed by atoms with Crippen LogP contribution in [0.5, 0.6) is 0 Å². The summed E-state index contributed by atoms with van der Waals surface area (Å²) in [5, 5.41) is 23.1. The Hall–Kier alpha value is -1.92. The molecule has 0 aliphatic carbocycles. The largest absolute Gasteiger partial charge is 0.466 e. The van der Waals surface area contributed by atoms with Crippen LogP contribution in [0.1, 0.15) is 309 Å². The second-order valence-corrected chi connectivity index (χ2v) is 20.0. The predicted molar refractivity (Wildman–Crippen MR) is 287 cm³/mol. The number of aliphatic hydroxyl groups is 2. The van der Waals surface area contributed by atoms with Crippen molar-refractivity contribution in [3.8, 4) is 0 Å². The second-order valence-electron chi connectivity index (χ2n) is 20.0. The van der Waals surface area contributed by atoms with Crippen LogP contribution < -0.4 is 5.32 Å². The van der Waals surface area contributed by atoms with Crippen LogP contribution in [0, 0.1) is 0 Å². The molecule has 0 spiro atoms. The van der Waals surface area contributed by atoms with Gasteiger partial charge in [-0.3, -0.25) is 9.59 Å². The molecular formula is C60H113NO5. The second kappa shape index (κ2) is 55.7. The van der Waals surface area contributed by atoms with Gasteiger partial charge in [0.25, 0.3) is 0 Å². The van der Waals surface area contributed by atoms with E-state index >= 15 is 0 Å². The molecule has 2 atom stereocenters. The lowest BCUT2D eigenvalue weighted by molar-refractivity contribution is -0.143. The molecule has 1 amide bonds. The van der Waals surface area contributed by atoms with E-state index in [-0.39, 0.29) is 18.5 Å². The van der Waals surface area contributed by atoms with Crippen LogP contribution in [-0.4, -0.2) is 47.4 Å². The molecule has 0 aliphatic rings. The minimum Gasteiger partial charge on any atom is -0.466 e. The van der Waals surface area contributed by atoms with Crippen LogP contribution in [0.2, 0.25) is 0 Å². The van der Waals surface area contributed by atoms with Gasteiger partial charge >= 0.3 is 5.97 Å². The van der Waals surface area contributed by atoms with Crippen molar-refractivity contribution in [2.24, 2.45) is 0 Å². The first-order valence-corrected chi connectivity index (χ1v) is 29.3. The van der Waals surface area contributed by atoms with Gasteiger partial charge in [-0.25, -0.2) is 0 Å². The normalized spacial score (nSPS) is 12.8. The summed E-state index contributed by atoms with van der Waals surface area (Å²) >= 11 is 0. The first-order chi connectivity index (χ1) is 32.5. The Morgan fingerprint density at radius 2 is 0.742 bits per heavy atom. The van der Waals surface area contributed by atoms with Crippen molar-refractivity contribution in [2.75, 3.05) is 13.2 Å². The zero-order valence-electron chi connectivity index (χ0n) is 44.2. The number of hydrogen-bond acceptors (Lipinski definition) is 5. The van der Waals surface area contributed by atoms with E-state index in [1.165, 1.54) is 205 Å². The number of amides is 1. The van der Waals surface area contributed by atoms with E-state index in [4.69, 9.17) is 4.74 Å². The fourth-order valence-electron chi connectivity index (χ4n) is 8.92. The maximum absolute atomic E-state index is 12.5. The summed E-state index contributed by atoms with van der Waals surface area (Å²) < 4.78 is 5.45. The molecule has 2 unspecified atom stereocenters. The Kier molecular flexibility index (Phi) is 54.1. The molecule has 3 N–H and O–H groups in total. The number of rotatable bonds is 54. The number of nitrogens with one attached hydrogen (secondary N) is 1. The third-order valence-corrected chi connectivity index (χ3v) is 13.4. The van der Waals surface area contributed by atoms with Crippen LogP contribution in [0.15, 0.2) is 36.5 Å². The zero-order chi connectivity index (χ0) is 47.9. The fourth-order valence-corrected chi connectivity index (χ4v) is 8.92. The van der Waals surface area contributed by atoms with Gasteiger partial charge in [0.2, 0.25) is 5.91 Å². The van der Waals surface area contributed by atoms with Crippen molar-refractivity contribution in [2.45, 2.75) is 321 Å². The lowest BCUT2D eigenvalue weighted by Gasteiger charge is -2.20. The van der Waals surface area contributed by atoms with Crippen molar-refractivity contribution in [1.82, 2.24) is 5.32 Å². The van der Waals surface area contributed by atoms with Crippen LogP contribution in [-0.2, 0) is 14.3 Å². The summed E-state index contributed by atoms with van der Waals surface area (Å²) in [5.74, 6) is -0.109. The van der Waals surface area contributed by atoms with Gasteiger partial charge in [-0.15, -0.1) is 0 Å². The SMILES string of the molecule is CCCCCCCCCCCCCCCCCCC/C=C/C(O)C(CO)NC(=O)CCCCCCCC/C=C\C=C/CCCCCOC(=O)CCCCCCCCCCCCCCCCC. The van der Waals surface area contributed by atoms with Crippen molar-refractivity contribution < 1.29 is 24.5 Å². The highest BCUT2D eigenvalue weighted by molar-refractivity contribution is 5.76. The van der Waals surface area contributed by atoms with E-state index in [0.29, 0.717) is 19.4 Å². The third-order valence-electron chi connectivity index (χ3n) is 13.4. The number of hydrogen-bond donors (Lipinski definition) is 3. The van der Waals surface area contributed by atoms with E-state index in [0.717, 1.165) is 77.0 Å². The first kappa shape index (κ1) is 64.1. The number of carbonyl (C=O) groups is 2. The number of unbranched alkanes of at least 4 members (excludes halogenated alkanes) is 40. The molecule has 6 heteroatoms. The highest BCUT2D eigenvalue weighted by Gasteiger charge is 2.18. The van der Waals surface area contributed by atoms with Gasteiger partial charge in [-0.2, -0.15) is 0 Å². The Balaban J connectivity index is 3.54. The molecule has 0 rings (SSSR count). The van der Waals surface area contributed by atoms with Crippen molar-refractivity contribution in [3.05, 3.63) is 36.5 Å². The van der Waals surface area contributed by atoms with Crippen LogP contribution >= 0.6 is 0 Å². The van der Waals surface area contributed by atoms with Crippen LogP contribution in [0.25, 0.3) is 0 Å². The Morgan fingerprint density at radius 1 is 0.424 bits per heavy atom. The molecule has 0 heterocycles. The highest BCUT2D eigenvalue weighted by atomic mass is 16.5. The van der Waals surface area contributed by atoms with Gasteiger partial charge in [0.15, 0.2) is 0 Å². The van der Waals surface area contributed by atoms with Gasteiger partial charge in [0.05, 0.1) is 25.4 Å². The molecule has 0 fully saturated rings. The molecule has 0 aromatic carbocycles. The summed E-state index contributed by atoms with van der Waals surface area (Å²) in [5.41, 5.74) is 0.